The predicted molar refractivity (Wildman–Crippen MR) is 143 cm³/mol. The molecule has 2 saturated heterocycles. The molecule has 200 valence electrons. The van der Waals surface area contributed by atoms with Crippen molar-refractivity contribution in [2.75, 3.05) is 43.0 Å². The minimum Gasteiger partial charge on any atom is -0.491 e. The summed E-state index contributed by atoms with van der Waals surface area (Å²) in [4.78, 5) is 45.0. The SMILES string of the molecule is CC(C)C1(N2C(=O)[C@]3(CCNC3=O)Cc3cnc(Nc4ccc(OCCN5CCCC5)cn4)nc32)C=CC1. The summed E-state index contributed by atoms with van der Waals surface area (Å²) in [6.07, 6.45) is 11.6. The lowest BCUT2D eigenvalue weighted by molar-refractivity contribution is -0.140. The average molecular weight is 518 g/mol. The summed E-state index contributed by atoms with van der Waals surface area (Å²) >= 11 is 0. The smallest absolute Gasteiger partial charge is 0.245 e. The maximum atomic E-state index is 14.1. The Morgan fingerprint density at radius 2 is 1.97 bits per heavy atom. The number of likely N-dealkylation sites (tertiary alicyclic amines) is 1. The molecule has 6 rings (SSSR count). The monoisotopic (exact) mass is 517 g/mol. The molecular formula is C28H35N7O3. The molecule has 2 aromatic heterocycles. The van der Waals surface area contributed by atoms with Gasteiger partial charge in [-0.05, 0) is 56.8 Å². The Hall–Kier alpha value is -3.53. The molecule has 1 spiro atoms. The van der Waals surface area contributed by atoms with Gasteiger partial charge in [-0.25, -0.2) is 9.97 Å². The first kappa shape index (κ1) is 24.8. The topological polar surface area (TPSA) is 113 Å². The van der Waals surface area contributed by atoms with Gasteiger partial charge in [0.25, 0.3) is 0 Å². The average Bonchev–Trinajstić information content (AvgIpc) is 3.52. The highest BCUT2D eigenvalue weighted by Crippen LogP contribution is 2.49. The summed E-state index contributed by atoms with van der Waals surface area (Å²) in [6, 6.07) is 3.71. The number of rotatable bonds is 8. The van der Waals surface area contributed by atoms with Crippen molar-refractivity contribution in [3.63, 3.8) is 0 Å². The fourth-order valence-corrected chi connectivity index (χ4v) is 6.08. The van der Waals surface area contributed by atoms with Crippen molar-refractivity contribution in [3.05, 3.63) is 42.2 Å². The zero-order valence-electron chi connectivity index (χ0n) is 22.1. The van der Waals surface area contributed by atoms with Crippen LogP contribution in [0.4, 0.5) is 17.6 Å². The zero-order valence-corrected chi connectivity index (χ0v) is 22.1. The molecule has 2 aromatic rings. The lowest BCUT2D eigenvalue weighted by Gasteiger charge is -2.52. The van der Waals surface area contributed by atoms with Crippen LogP contribution in [0.3, 0.4) is 0 Å². The highest BCUT2D eigenvalue weighted by molar-refractivity contribution is 6.15. The third-order valence-electron chi connectivity index (χ3n) is 8.55. The number of hydrogen-bond acceptors (Lipinski definition) is 8. The number of nitrogens with one attached hydrogen (secondary N) is 2. The Morgan fingerprint density at radius 1 is 1.16 bits per heavy atom. The van der Waals surface area contributed by atoms with Crippen LogP contribution in [0.15, 0.2) is 36.7 Å². The normalized spacial score (nSPS) is 26.6. The maximum absolute atomic E-state index is 14.1. The van der Waals surface area contributed by atoms with Crippen LogP contribution < -0.4 is 20.3 Å². The van der Waals surface area contributed by atoms with Crippen molar-refractivity contribution in [2.45, 2.75) is 51.5 Å². The van der Waals surface area contributed by atoms with Crippen molar-refractivity contribution in [1.29, 1.82) is 0 Å². The van der Waals surface area contributed by atoms with Gasteiger partial charge in [0.2, 0.25) is 17.8 Å². The first-order valence-electron chi connectivity index (χ1n) is 13.7. The standard InChI is InChI=1S/C28H35N7O3/c1-19(2)28(8-5-9-28)35-23-20(16-27(25(35)37)10-11-29-24(27)36)17-31-26(33-23)32-22-7-6-21(18-30-22)38-15-14-34-12-3-4-13-34/h5-8,17-19H,3-4,9-16H2,1-2H3,(H,29,36)(H,30,31,32,33)/t27-,28?/m1/s1. The molecule has 2 amide bonds. The van der Waals surface area contributed by atoms with Crippen molar-refractivity contribution in [1.82, 2.24) is 25.2 Å². The number of ether oxygens (including phenoxy) is 1. The molecule has 4 aliphatic rings. The Bertz CT molecular complexity index is 1260. The largest absolute Gasteiger partial charge is 0.491 e. The number of hydrogen-bond donors (Lipinski definition) is 2. The van der Waals surface area contributed by atoms with Gasteiger partial charge in [-0.15, -0.1) is 0 Å². The number of anilines is 3. The number of pyridine rings is 1. The molecule has 2 atom stereocenters. The quantitative estimate of drug-likeness (QED) is 0.406. The Kier molecular flexibility index (Phi) is 6.29. The Labute approximate surface area is 222 Å². The van der Waals surface area contributed by atoms with Crippen LogP contribution in [0.25, 0.3) is 0 Å². The number of aromatic nitrogens is 3. The van der Waals surface area contributed by atoms with Gasteiger partial charge in [0, 0.05) is 31.3 Å². The predicted octanol–water partition coefficient (Wildman–Crippen LogP) is 2.84. The molecule has 0 aromatic carbocycles. The van der Waals surface area contributed by atoms with E-state index < -0.39 is 11.0 Å². The van der Waals surface area contributed by atoms with E-state index in [-0.39, 0.29) is 17.7 Å². The van der Waals surface area contributed by atoms with Crippen molar-refractivity contribution in [2.24, 2.45) is 11.3 Å². The Morgan fingerprint density at radius 3 is 2.61 bits per heavy atom. The molecule has 0 radical (unpaired) electrons. The number of nitrogens with zero attached hydrogens (tertiary/aromatic N) is 5. The summed E-state index contributed by atoms with van der Waals surface area (Å²) < 4.78 is 5.86. The minimum atomic E-state index is -1.09. The minimum absolute atomic E-state index is 0.148. The molecule has 3 aliphatic heterocycles. The van der Waals surface area contributed by atoms with E-state index in [0.717, 1.165) is 31.6 Å². The molecular weight excluding hydrogens is 482 g/mol. The molecule has 5 heterocycles. The van der Waals surface area contributed by atoms with E-state index in [2.05, 4.69) is 51.5 Å². The van der Waals surface area contributed by atoms with Gasteiger partial charge in [-0.1, -0.05) is 26.0 Å². The number of carbonyl (C=O) groups is 2. The van der Waals surface area contributed by atoms with E-state index in [9.17, 15) is 9.59 Å². The fraction of sp³-hybridized carbons (Fsp3) is 0.536. The summed E-state index contributed by atoms with van der Waals surface area (Å²) in [5.74, 6) is 2.00. The fourth-order valence-electron chi connectivity index (χ4n) is 6.08. The lowest BCUT2D eigenvalue weighted by atomic mass is 9.69. The summed E-state index contributed by atoms with van der Waals surface area (Å²) in [5, 5.41) is 6.05. The third-order valence-corrected chi connectivity index (χ3v) is 8.55. The first-order chi connectivity index (χ1) is 18.4. The molecule has 1 aliphatic carbocycles. The van der Waals surface area contributed by atoms with Gasteiger partial charge >= 0.3 is 0 Å². The van der Waals surface area contributed by atoms with E-state index in [4.69, 9.17) is 9.72 Å². The molecule has 38 heavy (non-hydrogen) atoms. The van der Waals surface area contributed by atoms with E-state index in [1.165, 1.54) is 12.8 Å². The van der Waals surface area contributed by atoms with Gasteiger partial charge in [-0.3, -0.25) is 19.4 Å². The summed E-state index contributed by atoms with van der Waals surface area (Å²) in [5.41, 5.74) is -0.801. The zero-order chi connectivity index (χ0) is 26.3. The summed E-state index contributed by atoms with van der Waals surface area (Å²) in [7, 11) is 0. The van der Waals surface area contributed by atoms with Crippen LogP contribution in [0.1, 0.15) is 45.1 Å². The molecule has 1 unspecified atom stereocenters. The maximum Gasteiger partial charge on any atom is 0.245 e. The van der Waals surface area contributed by atoms with Crippen LogP contribution in [-0.2, 0) is 16.0 Å². The van der Waals surface area contributed by atoms with E-state index in [1.807, 2.05) is 12.1 Å². The Balaban J connectivity index is 1.23. The molecule has 2 N–H and O–H groups in total. The van der Waals surface area contributed by atoms with Gasteiger partial charge in [0.1, 0.15) is 29.4 Å². The third kappa shape index (κ3) is 4.11. The molecule has 10 heteroatoms. The number of carbonyl (C=O) groups excluding carboxylic acids is 2. The molecule has 0 saturated carbocycles. The number of amides is 2. The second-order valence-electron chi connectivity index (χ2n) is 11.1. The van der Waals surface area contributed by atoms with Crippen LogP contribution in [-0.4, -0.2) is 70.0 Å². The molecule has 0 bridgehead atoms. The van der Waals surface area contributed by atoms with Crippen LogP contribution >= 0.6 is 0 Å². The van der Waals surface area contributed by atoms with Crippen molar-refractivity contribution >= 4 is 29.4 Å². The first-order valence-corrected chi connectivity index (χ1v) is 13.7. The summed E-state index contributed by atoms with van der Waals surface area (Å²) in [6.45, 7) is 8.57. The van der Waals surface area contributed by atoms with Crippen molar-refractivity contribution < 1.29 is 14.3 Å². The molecule has 2 fully saturated rings. The lowest BCUT2D eigenvalue weighted by Crippen LogP contribution is -2.64. The van der Waals surface area contributed by atoms with E-state index in [0.29, 0.717) is 49.3 Å². The van der Waals surface area contributed by atoms with Gasteiger partial charge in [-0.2, -0.15) is 4.98 Å². The highest BCUT2D eigenvalue weighted by Gasteiger charge is 2.59. The molecule has 10 nitrogen and oxygen atoms in total. The van der Waals surface area contributed by atoms with Gasteiger partial charge in [0.15, 0.2) is 0 Å². The highest BCUT2D eigenvalue weighted by atomic mass is 16.5. The second-order valence-corrected chi connectivity index (χ2v) is 11.1. The van der Waals surface area contributed by atoms with Gasteiger partial charge in [0.05, 0.1) is 11.7 Å². The van der Waals surface area contributed by atoms with Crippen LogP contribution in [0.2, 0.25) is 0 Å². The van der Waals surface area contributed by atoms with Crippen LogP contribution in [0.5, 0.6) is 5.75 Å². The number of fused-ring (bicyclic) bond motifs is 1. The van der Waals surface area contributed by atoms with E-state index in [1.54, 1.807) is 17.3 Å². The van der Waals surface area contributed by atoms with Gasteiger partial charge < -0.3 is 15.4 Å². The second kappa shape index (κ2) is 9.65. The van der Waals surface area contributed by atoms with Crippen LogP contribution in [0, 0.1) is 11.3 Å². The van der Waals surface area contributed by atoms with E-state index >= 15 is 0 Å². The van der Waals surface area contributed by atoms with Crippen molar-refractivity contribution in [3.8, 4) is 5.75 Å².